The van der Waals surface area contributed by atoms with Crippen molar-refractivity contribution >= 4 is 0 Å². The number of para-hydroxylation sites is 1. The Morgan fingerprint density at radius 3 is 2.13 bits per heavy atom. The SMILES string of the molecule is CN(C)Cc1ccc(-c2ccc(=O)n(-c3ccccc3)c2)cc1. The van der Waals surface area contributed by atoms with Crippen LogP contribution in [0.5, 0.6) is 0 Å². The highest BCUT2D eigenvalue weighted by Crippen LogP contribution is 2.20. The predicted molar refractivity (Wildman–Crippen MR) is 94.9 cm³/mol. The van der Waals surface area contributed by atoms with E-state index in [1.807, 2.05) is 42.6 Å². The normalized spacial score (nSPS) is 10.9. The van der Waals surface area contributed by atoms with E-state index < -0.39 is 0 Å². The molecule has 3 rings (SSSR count). The Hall–Kier alpha value is -2.65. The van der Waals surface area contributed by atoms with Crippen molar-refractivity contribution in [3.05, 3.63) is 88.8 Å². The average molecular weight is 304 g/mol. The molecule has 2 aromatic carbocycles. The van der Waals surface area contributed by atoms with Crippen molar-refractivity contribution < 1.29 is 0 Å². The van der Waals surface area contributed by atoms with E-state index in [0.717, 1.165) is 23.4 Å². The molecule has 0 spiro atoms. The van der Waals surface area contributed by atoms with Gasteiger partial charge < -0.3 is 4.90 Å². The molecular weight excluding hydrogens is 284 g/mol. The molecule has 0 aliphatic carbocycles. The van der Waals surface area contributed by atoms with Crippen LogP contribution in [0.2, 0.25) is 0 Å². The fourth-order valence-corrected chi connectivity index (χ4v) is 2.62. The lowest BCUT2D eigenvalue weighted by atomic mass is 10.1. The molecule has 0 amide bonds. The summed E-state index contributed by atoms with van der Waals surface area (Å²) in [5.41, 5.74) is 4.27. The molecule has 1 heterocycles. The van der Waals surface area contributed by atoms with Crippen molar-refractivity contribution in [2.45, 2.75) is 6.54 Å². The highest BCUT2D eigenvalue weighted by molar-refractivity contribution is 5.63. The van der Waals surface area contributed by atoms with Crippen LogP contribution in [0.25, 0.3) is 16.8 Å². The number of nitrogens with zero attached hydrogens (tertiary/aromatic N) is 2. The lowest BCUT2D eigenvalue weighted by Gasteiger charge is -2.11. The Balaban J connectivity index is 1.96. The van der Waals surface area contributed by atoms with Gasteiger partial charge in [-0.05, 0) is 49.0 Å². The Kier molecular flexibility index (Phi) is 4.40. The lowest BCUT2D eigenvalue weighted by molar-refractivity contribution is 0.402. The molecule has 0 saturated carbocycles. The van der Waals surface area contributed by atoms with Crippen molar-refractivity contribution in [2.75, 3.05) is 14.1 Å². The molecule has 0 N–H and O–H groups in total. The summed E-state index contributed by atoms with van der Waals surface area (Å²) in [6.45, 7) is 0.920. The summed E-state index contributed by atoms with van der Waals surface area (Å²) < 4.78 is 1.68. The summed E-state index contributed by atoms with van der Waals surface area (Å²) in [6.07, 6.45) is 1.90. The van der Waals surface area contributed by atoms with E-state index in [-0.39, 0.29) is 5.56 Å². The molecule has 0 fully saturated rings. The van der Waals surface area contributed by atoms with Crippen molar-refractivity contribution in [1.82, 2.24) is 9.47 Å². The minimum Gasteiger partial charge on any atom is -0.305 e. The van der Waals surface area contributed by atoms with Crippen LogP contribution in [0.3, 0.4) is 0 Å². The summed E-state index contributed by atoms with van der Waals surface area (Å²) >= 11 is 0. The Morgan fingerprint density at radius 1 is 0.826 bits per heavy atom. The fourth-order valence-electron chi connectivity index (χ4n) is 2.62. The zero-order valence-corrected chi connectivity index (χ0v) is 13.4. The van der Waals surface area contributed by atoms with Gasteiger partial charge in [0.2, 0.25) is 0 Å². The third-order valence-electron chi connectivity index (χ3n) is 3.73. The number of pyridine rings is 1. The zero-order valence-electron chi connectivity index (χ0n) is 13.4. The second kappa shape index (κ2) is 6.63. The van der Waals surface area contributed by atoms with Gasteiger partial charge in [-0.2, -0.15) is 0 Å². The fraction of sp³-hybridized carbons (Fsp3) is 0.150. The molecule has 23 heavy (non-hydrogen) atoms. The molecular formula is C20H20N2O. The second-order valence-corrected chi connectivity index (χ2v) is 5.90. The van der Waals surface area contributed by atoms with Crippen LogP contribution in [0.1, 0.15) is 5.56 Å². The number of aromatic nitrogens is 1. The Labute approximate surface area is 136 Å². The molecule has 0 atom stereocenters. The highest BCUT2D eigenvalue weighted by Gasteiger charge is 2.04. The van der Waals surface area contributed by atoms with Gasteiger partial charge in [0.25, 0.3) is 5.56 Å². The quantitative estimate of drug-likeness (QED) is 0.736. The van der Waals surface area contributed by atoms with Gasteiger partial charge in [0.1, 0.15) is 0 Å². The van der Waals surface area contributed by atoms with Crippen LogP contribution in [0.15, 0.2) is 77.7 Å². The maximum absolute atomic E-state index is 12.1. The summed E-state index contributed by atoms with van der Waals surface area (Å²) in [4.78, 5) is 14.3. The Bertz CT molecular complexity index is 834. The van der Waals surface area contributed by atoms with E-state index in [9.17, 15) is 4.79 Å². The van der Waals surface area contributed by atoms with Gasteiger partial charge in [-0.1, -0.05) is 42.5 Å². The zero-order chi connectivity index (χ0) is 16.2. The third kappa shape index (κ3) is 3.58. The molecule has 3 heteroatoms. The number of rotatable bonds is 4. The first-order valence-electron chi connectivity index (χ1n) is 7.66. The predicted octanol–water partition coefficient (Wildman–Crippen LogP) is 3.57. The molecule has 0 aliphatic heterocycles. The first-order chi connectivity index (χ1) is 11.1. The van der Waals surface area contributed by atoms with Gasteiger partial charge in [0, 0.05) is 24.5 Å². The maximum atomic E-state index is 12.1. The van der Waals surface area contributed by atoms with Crippen LogP contribution >= 0.6 is 0 Å². The maximum Gasteiger partial charge on any atom is 0.255 e. The number of hydrogen-bond acceptors (Lipinski definition) is 2. The van der Waals surface area contributed by atoms with E-state index in [1.54, 1.807) is 10.6 Å². The molecule has 1 aromatic heterocycles. The van der Waals surface area contributed by atoms with Crippen molar-refractivity contribution in [2.24, 2.45) is 0 Å². The number of hydrogen-bond donors (Lipinski definition) is 0. The molecule has 0 bridgehead atoms. The van der Waals surface area contributed by atoms with E-state index in [0.29, 0.717) is 0 Å². The summed E-state index contributed by atoms with van der Waals surface area (Å²) in [5, 5.41) is 0. The highest BCUT2D eigenvalue weighted by atomic mass is 16.1. The van der Waals surface area contributed by atoms with Crippen LogP contribution in [0.4, 0.5) is 0 Å². The van der Waals surface area contributed by atoms with Crippen LogP contribution in [0, 0.1) is 0 Å². The van der Waals surface area contributed by atoms with Gasteiger partial charge in [-0.15, -0.1) is 0 Å². The molecule has 3 aromatic rings. The molecule has 116 valence electrons. The van der Waals surface area contributed by atoms with Crippen LogP contribution in [-0.4, -0.2) is 23.6 Å². The van der Waals surface area contributed by atoms with Crippen molar-refractivity contribution in [3.63, 3.8) is 0 Å². The van der Waals surface area contributed by atoms with Crippen molar-refractivity contribution in [1.29, 1.82) is 0 Å². The van der Waals surface area contributed by atoms with Gasteiger partial charge >= 0.3 is 0 Å². The van der Waals surface area contributed by atoms with Crippen LogP contribution in [-0.2, 0) is 6.54 Å². The van der Waals surface area contributed by atoms with E-state index in [2.05, 4.69) is 43.3 Å². The first kappa shape index (κ1) is 15.3. The second-order valence-electron chi connectivity index (χ2n) is 5.90. The first-order valence-corrected chi connectivity index (χ1v) is 7.66. The van der Waals surface area contributed by atoms with Gasteiger partial charge in [-0.3, -0.25) is 9.36 Å². The van der Waals surface area contributed by atoms with Gasteiger partial charge in [0.15, 0.2) is 0 Å². The van der Waals surface area contributed by atoms with Crippen molar-refractivity contribution in [3.8, 4) is 16.8 Å². The van der Waals surface area contributed by atoms with Crippen LogP contribution < -0.4 is 5.56 Å². The molecule has 0 unspecified atom stereocenters. The minimum absolute atomic E-state index is 0.0239. The molecule has 3 nitrogen and oxygen atoms in total. The molecule has 0 radical (unpaired) electrons. The van der Waals surface area contributed by atoms with E-state index in [4.69, 9.17) is 0 Å². The number of benzene rings is 2. The molecule has 0 aliphatic rings. The van der Waals surface area contributed by atoms with Gasteiger partial charge in [-0.25, -0.2) is 0 Å². The van der Waals surface area contributed by atoms with E-state index >= 15 is 0 Å². The monoisotopic (exact) mass is 304 g/mol. The molecule has 0 saturated heterocycles. The van der Waals surface area contributed by atoms with E-state index in [1.165, 1.54) is 5.56 Å². The summed E-state index contributed by atoms with van der Waals surface area (Å²) in [5.74, 6) is 0. The summed E-state index contributed by atoms with van der Waals surface area (Å²) in [6, 6.07) is 21.7. The standard InChI is InChI=1S/C20H20N2O/c1-21(2)14-16-8-10-17(11-9-16)18-12-13-20(23)22(15-18)19-6-4-3-5-7-19/h3-13,15H,14H2,1-2H3. The smallest absolute Gasteiger partial charge is 0.255 e. The largest absolute Gasteiger partial charge is 0.305 e. The Morgan fingerprint density at radius 2 is 1.48 bits per heavy atom. The average Bonchev–Trinajstić information content (AvgIpc) is 2.56. The van der Waals surface area contributed by atoms with Gasteiger partial charge in [0.05, 0.1) is 0 Å². The summed E-state index contributed by atoms with van der Waals surface area (Å²) in [7, 11) is 4.12. The minimum atomic E-state index is -0.0239. The topological polar surface area (TPSA) is 25.2 Å². The lowest BCUT2D eigenvalue weighted by Crippen LogP contribution is -2.16. The third-order valence-corrected chi connectivity index (χ3v) is 3.73.